The SMILES string of the molecule is C=CCc1cc(Cl)c(C)c(Cl)c1O[SiH](C)Cl. The molecule has 0 saturated heterocycles. The quantitative estimate of drug-likeness (QED) is 0.451. The monoisotopic (exact) mass is 294 g/mol. The molecule has 1 aromatic rings. The van der Waals surface area contributed by atoms with E-state index < -0.39 is 8.35 Å². The average molecular weight is 296 g/mol. The van der Waals surface area contributed by atoms with Gasteiger partial charge < -0.3 is 4.43 Å². The lowest BCUT2D eigenvalue weighted by molar-refractivity contribution is 0.585. The van der Waals surface area contributed by atoms with Crippen LogP contribution >= 0.6 is 34.3 Å². The first kappa shape index (κ1) is 13.9. The van der Waals surface area contributed by atoms with Gasteiger partial charge in [-0.15, -0.1) is 17.7 Å². The zero-order chi connectivity index (χ0) is 12.3. The lowest BCUT2D eigenvalue weighted by atomic mass is 10.1. The fraction of sp³-hybridized carbons (Fsp3) is 0.273. The summed E-state index contributed by atoms with van der Waals surface area (Å²) in [6, 6.07) is 1.85. The molecule has 1 nitrogen and oxygen atoms in total. The van der Waals surface area contributed by atoms with Gasteiger partial charge in [-0.1, -0.05) is 29.3 Å². The van der Waals surface area contributed by atoms with Crippen molar-refractivity contribution in [2.45, 2.75) is 19.9 Å². The molecule has 0 heterocycles. The highest BCUT2D eigenvalue weighted by Gasteiger charge is 2.15. The van der Waals surface area contributed by atoms with E-state index in [4.69, 9.17) is 38.7 Å². The summed E-state index contributed by atoms with van der Waals surface area (Å²) in [5, 5.41) is 1.18. The predicted molar refractivity (Wildman–Crippen MR) is 74.6 cm³/mol. The second-order valence-corrected chi connectivity index (χ2v) is 7.39. The molecule has 0 amide bonds. The van der Waals surface area contributed by atoms with Gasteiger partial charge in [0.05, 0.1) is 5.02 Å². The molecule has 1 aromatic carbocycles. The van der Waals surface area contributed by atoms with E-state index in [1.807, 2.05) is 19.5 Å². The number of allylic oxidation sites excluding steroid dienone is 1. The lowest BCUT2D eigenvalue weighted by Gasteiger charge is -2.16. The first-order valence-electron chi connectivity index (χ1n) is 4.86. The van der Waals surface area contributed by atoms with Crippen LogP contribution in [0.3, 0.4) is 0 Å². The fourth-order valence-corrected chi connectivity index (χ4v) is 2.82. The summed E-state index contributed by atoms with van der Waals surface area (Å²) < 4.78 is 5.63. The Morgan fingerprint density at radius 1 is 1.50 bits per heavy atom. The molecule has 0 aromatic heterocycles. The van der Waals surface area contributed by atoms with E-state index in [0.29, 0.717) is 22.2 Å². The van der Waals surface area contributed by atoms with Crippen LogP contribution in [-0.4, -0.2) is 8.35 Å². The first-order valence-corrected chi connectivity index (χ1v) is 8.99. The van der Waals surface area contributed by atoms with E-state index >= 15 is 0 Å². The Morgan fingerprint density at radius 3 is 2.62 bits per heavy atom. The zero-order valence-corrected chi connectivity index (χ0v) is 12.6. The smallest absolute Gasteiger partial charge is 0.328 e. The van der Waals surface area contributed by atoms with Crippen LogP contribution in [0.15, 0.2) is 18.7 Å². The Bertz CT molecular complexity index is 405. The van der Waals surface area contributed by atoms with E-state index in [0.717, 1.165) is 11.1 Å². The van der Waals surface area contributed by atoms with Gasteiger partial charge in [-0.05, 0) is 37.1 Å². The summed E-state index contributed by atoms with van der Waals surface area (Å²) in [5.74, 6) is 0.651. The number of hydrogen-bond acceptors (Lipinski definition) is 1. The summed E-state index contributed by atoms with van der Waals surface area (Å²) in [6.45, 7) is 7.43. The minimum absolute atomic E-state index is 0.546. The topological polar surface area (TPSA) is 9.23 Å². The summed E-state index contributed by atoms with van der Waals surface area (Å²) in [5.41, 5.74) is 1.74. The molecule has 0 spiro atoms. The molecule has 0 fully saturated rings. The Hall–Kier alpha value is -0.153. The summed E-state index contributed by atoms with van der Waals surface area (Å²) >= 11 is 18.2. The van der Waals surface area contributed by atoms with E-state index in [1.165, 1.54) is 0 Å². The highest BCUT2D eigenvalue weighted by Crippen LogP contribution is 2.37. The van der Waals surface area contributed by atoms with Crippen molar-refractivity contribution in [2.75, 3.05) is 0 Å². The van der Waals surface area contributed by atoms with Crippen LogP contribution in [0, 0.1) is 6.92 Å². The Balaban J connectivity index is 3.29. The minimum atomic E-state index is -1.70. The first-order chi connectivity index (χ1) is 7.47. The molecule has 1 rings (SSSR count). The van der Waals surface area contributed by atoms with E-state index in [1.54, 1.807) is 6.08 Å². The third kappa shape index (κ3) is 3.17. The molecule has 0 N–H and O–H groups in total. The molecule has 0 aliphatic rings. The molecule has 0 aliphatic heterocycles. The molecule has 1 atom stereocenters. The van der Waals surface area contributed by atoms with E-state index in [9.17, 15) is 0 Å². The number of benzene rings is 1. The molecule has 0 radical (unpaired) electrons. The highest BCUT2D eigenvalue weighted by atomic mass is 35.6. The minimum Gasteiger partial charge on any atom is -0.531 e. The van der Waals surface area contributed by atoms with Crippen molar-refractivity contribution in [2.24, 2.45) is 0 Å². The van der Waals surface area contributed by atoms with Crippen LogP contribution in [0.4, 0.5) is 0 Å². The predicted octanol–water partition coefficient (Wildman–Crippen LogP) is 4.50. The number of halogens is 3. The van der Waals surface area contributed by atoms with Crippen molar-refractivity contribution in [1.82, 2.24) is 0 Å². The van der Waals surface area contributed by atoms with Gasteiger partial charge in [0.2, 0.25) is 0 Å². The Kier molecular flexibility index (Phi) is 5.19. The largest absolute Gasteiger partial charge is 0.531 e. The van der Waals surface area contributed by atoms with Gasteiger partial charge in [0.1, 0.15) is 5.75 Å². The average Bonchev–Trinajstić information content (AvgIpc) is 2.21. The van der Waals surface area contributed by atoms with Gasteiger partial charge in [0.15, 0.2) is 0 Å². The maximum atomic E-state index is 6.20. The normalized spacial score (nSPS) is 12.3. The highest BCUT2D eigenvalue weighted by molar-refractivity contribution is 7.02. The van der Waals surface area contributed by atoms with Crippen LogP contribution in [-0.2, 0) is 6.42 Å². The second kappa shape index (κ2) is 5.96. The molecule has 0 saturated carbocycles. The maximum absolute atomic E-state index is 6.20. The van der Waals surface area contributed by atoms with Crippen molar-refractivity contribution < 1.29 is 4.43 Å². The van der Waals surface area contributed by atoms with Gasteiger partial charge in [0.25, 0.3) is 0 Å². The summed E-state index contributed by atoms with van der Waals surface area (Å²) in [7, 11) is -1.70. The molecule has 0 bridgehead atoms. The molecule has 5 heteroatoms. The third-order valence-corrected chi connectivity index (χ3v) is 3.80. The maximum Gasteiger partial charge on any atom is 0.328 e. The van der Waals surface area contributed by atoms with Crippen molar-refractivity contribution in [3.05, 3.63) is 39.9 Å². The Morgan fingerprint density at radius 2 is 2.12 bits per heavy atom. The van der Waals surface area contributed by atoms with Gasteiger partial charge >= 0.3 is 8.35 Å². The van der Waals surface area contributed by atoms with E-state index in [2.05, 4.69) is 6.58 Å². The molecule has 1 unspecified atom stereocenters. The van der Waals surface area contributed by atoms with Gasteiger partial charge in [0, 0.05) is 5.02 Å². The van der Waals surface area contributed by atoms with Gasteiger partial charge in [-0.2, -0.15) is 0 Å². The lowest BCUT2D eigenvalue weighted by Crippen LogP contribution is -2.11. The van der Waals surface area contributed by atoms with Crippen LogP contribution in [0.2, 0.25) is 16.6 Å². The molecule has 0 aliphatic carbocycles. The molecular weight excluding hydrogens is 283 g/mol. The Labute approximate surface area is 112 Å². The van der Waals surface area contributed by atoms with Crippen LogP contribution < -0.4 is 4.43 Å². The van der Waals surface area contributed by atoms with E-state index in [-0.39, 0.29) is 0 Å². The van der Waals surface area contributed by atoms with Crippen LogP contribution in [0.25, 0.3) is 0 Å². The van der Waals surface area contributed by atoms with Gasteiger partial charge in [-0.3, -0.25) is 0 Å². The second-order valence-electron chi connectivity index (χ2n) is 3.44. The van der Waals surface area contributed by atoms with Crippen molar-refractivity contribution in [1.29, 1.82) is 0 Å². The third-order valence-electron chi connectivity index (χ3n) is 2.12. The standard InChI is InChI=1S/C11H13Cl3OSi/c1-4-5-8-6-9(12)7(2)10(13)11(8)15-16(3)14/h4,6,16H,1,5H2,2-3H3. The van der Waals surface area contributed by atoms with Crippen molar-refractivity contribution in [3.63, 3.8) is 0 Å². The van der Waals surface area contributed by atoms with Crippen molar-refractivity contribution >= 4 is 42.6 Å². The van der Waals surface area contributed by atoms with Crippen LogP contribution in [0.5, 0.6) is 5.75 Å². The molecular formula is C11H13Cl3OSi. The fourth-order valence-electron chi connectivity index (χ4n) is 1.34. The van der Waals surface area contributed by atoms with Crippen LogP contribution in [0.1, 0.15) is 11.1 Å². The molecule has 16 heavy (non-hydrogen) atoms. The van der Waals surface area contributed by atoms with Crippen molar-refractivity contribution in [3.8, 4) is 5.75 Å². The summed E-state index contributed by atoms with van der Waals surface area (Å²) in [4.78, 5) is 0. The molecule has 88 valence electrons. The zero-order valence-electron chi connectivity index (χ0n) is 9.19. The summed E-state index contributed by atoms with van der Waals surface area (Å²) in [6.07, 6.45) is 2.44. The number of rotatable bonds is 4. The number of hydrogen-bond donors (Lipinski definition) is 0. The van der Waals surface area contributed by atoms with Gasteiger partial charge in [-0.25, -0.2) is 0 Å².